The van der Waals surface area contributed by atoms with E-state index in [-0.39, 0.29) is 0 Å². The molecule has 1 aliphatic carbocycles. The van der Waals surface area contributed by atoms with Gasteiger partial charge in [-0.05, 0) is 36.8 Å². The number of hydrogen-bond donors (Lipinski definition) is 1. The molecule has 1 aliphatic rings. The fourth-order valence-electron chi connectivity index (χ4n) is 2.56. The van der Waals surface area contributed by atoms with Crippen molar-refractivity contribution in [3.05, 3.63) is 23.9 Å². The molecular weight excluding hydrogens is 196 g/mol. The molecule has 1 unspecified atom stereocenters. The summed E-state index contributed by atoms with van der Waals surface area (Å²) < 4.78 is 0. The van der Waals surface area contributed by atoms with E-state index in [2.05, 4.69) is 37.1 Å². The molecule has 1 N–H and O–H groups in total. The van der Waals surface area contributed by atoms with Gasteiger partial charge in [0.15, 0.2) is 0 Å². The van der Waals surface area contributed by atoms with E-state index in [1.807, 2.05) is 12.3 Å². The Morgan fingerprint density at radius 3 is 2.88 bits per heavy atom. The molecule has 1 fully saturated rings. The summed E-state index contributed by atoms with van der Waals surface area (Å²) in [4.78, 5) is 4.43. The summed E-state index contributed by atoms with van der Waals surface area (Å²) in [6.45, 7) is 6.84. The minimum Gasteiger partial charge on any atom is -0.367 e. The smallest absolute Gasteiger partial charge is 0.129 e. The largest absolute Gasteiger partial charge is 0.367 e. The third kappa shape index (κ3) is 2.37. The number of pyridine rings is 1. The number of rotatable bonds is 2. The number of nitrogens with zero attached hydrogens (tertiary/aromatic N) is 1. The van der Waals surface area contributed by atoms with Crippen LogP contribution >= 0.6 is 0 Å². The van der Waals surface area contributed by atoms with Crippen LogP contribution in [0.25, 0.3) is 0 Å². The summed E-state index contributed by atoms with van der Waals surface area (Å²) in [5.74, 6) is 1.06. The molecule has 2 heteroatoms. The molecule has 0 aliphatic heterocycles. The van der Waals surface area contributed by atoms with Crippen LogP contribution in [-0.2, 0) is 0 Å². The van der Waals surface area contributed by atoms with Gasteiger partial charge in [-0.3, -0.25) is 0 Å². The third-order valence-electron chi connectivity index (χ3n) is 3.83. The van der Waals surface area contributed by atoms with E-state index in [0.29, 0.717) is 11.5 Å². The predicted molar refractivity (Wildman–Crippen MR) is 68.6 cm³/mol. The lowest BCUT2D eigenvalue weighted by atomic mass is 9.73. The van der Waals surface area contributed by atoms with E-state index in [1.165, 1.54) is 31.2 Å². The standard InChI is InChI=1S/C14H22N2/c1-11-7-6-10-15-13(11)16-12-8-4-5-9-14(12,2)3/h6-7,10,12H,4-5,8-9H2,1-3H3,(H,15,16). The van der Waals surface area contributed by atoms with Crippen molar-refractivity contribution >= 4 is 5.82 Å². The number of nitrogens with one attached hydrogen (secondary N) is 1. The van der Waals surface area contributed by atoms with Crippen molar-refractivity contribution < 1.29 is 0 Å². The highest BCUT2D eigenvalue weighted by Gasteiger charge is 2.32. The highest BCUT2D eigenvalue weighted by Crippen LogP contribution is 2.37. The maximum atomic E-state index is 4.43. The molecule has 0 radical (unpaired) electrons. The normalized spacial score (nSPS) is 24.1. The second-order valence-electron chi connectivity index (χ2n) is 5.60. The van der Waals surface area contributed by atoms with Crippen LogP contribution in [0.1, 0.15) is 45.1 Å². The second-order valence-corrected chi connectivity index (χ2v) is 5.60. The Morgan fingerprint density at radius 2 is 2.19 bits per heavy atom. The van der Waals surface area contributed by atoms with E-state index in [9.17, 15) is 0 Å². The van der Waals surface area contributed by atoms with E-state index in [4.69, 9.17) is 0 Å². The number of hydrogen-bond acceptors (Lipinski definition) is 2. The molecule has 0 aromatic carbocycles. The van der Waals surface area contributed by atoms with Crippen LogP contribution in [0, 0.1) is 12.3 Å². The van der Waals surface area contributed by atoms with Gasteiger partial charge in [0.05, 0.1) is 0 Å². The van der Waals surface area contributed by atoms with Crippen molar-refractivity contribution in [2.75, 3.05) is 5.32 Å². The molecule has 1 saturated carbocycles. The van der Waals surface area contributed by atoms with Gasteiger partial charge in [-0.15, -0.1) is 0 Å². The van der Waals surface area contributed by atoms with Crippen molar-refractivity contribution in [3.63, 3.8) is 0 Å². The van der Waals surface area contributed by atoms with Gasteiger partial charge in [-0.25, -0.2) is 4.98 Å². The SMILES string of the molecule is Cc1cccnc1NC1CCCCC1(C)C. The first-order valence-electron chi connectivity index (χ1n) is 6.28. The van der Waals surface area contributed by atoms with Gasteiger partial charge >= 0.3 is 0 Å². The molecule has 2 nitrogen and oxygen atoms in total. The van der Waals surface area contributed by atoms with Crippen LogP contribution in [0.2, 0.25) is 0 Å². The molecular formula is C14H22N2. The number of aromatic nitrogens is 1. The van der Waals surface area contributed by atoms with Crippen molar-refractivity contribution in [1.82, 2.24) is 4.98 Å². The Balaban J connectivity index is 2.12. The van der Waals surface area contributed by atoms with Crippen molar-refractivity contribution in [2.24, 2.45) is 5.41 Å². The minimum atomic E-state index is 0.391. The molecule has 1 aromatic rings. The van der Waals surface area contributed by atoms with Crippen LogP contribution in [0.3, 0.4) is 0 Å². The first kappa shape index (κ1) is 11.4. The minimum absolute atomic E-state index is 0.391. The summed E-state index contributed by atoms with van der Waals surface area (Å²) in [6, 6.07) is 4.67. The zero-order valence-electron chi connectivity index (χ0n) is 10.6. The van der Waals surface area contributed by atoms with Gasteiger partial charge in [0.25, 0.3) is 0 Å². The summed E-state index contributed by atoms with van der Waals surface area (Å²) in [5.41, 5.74) is 1.63. The first-order valence-corrected chi connectivity index (χ1v) is 6.28. The lowest BCUT2D eigenvalue weighted by molar-refractivity contribution is 0.216. The van der Waals surface area contributed by atoms with E-state index in [0.717, 1.165) is 5.82 Å². The van der Waals surface area contributed by atoms with Crippen molar-refractivity contribution in [1.29, 1.82) is 0 Å². The predicted octanol–water partition coefficient (Wildman–Crippen LogP) is 3.77. The topological polar surface area (TPSA) is 24.9 Å². The third-order valence-corrected chi connectivity index (χ3v) is 3.83. The first-order chi connectivity index (χ1) is 7.59. The molecule has 1 aromatic heterocycles. The number of anilines is 1. The van der Waals surface area contributed by atoms with Crippen molar-refractivity contribution in [3.8, 4) is 0 Å². The Labute approximate surface area is 98.5 Å². The summed E-state index contributed by atoms with van der Waals surface area (Å²) in [5, 5.41) is 3.63. The van der Waals surface area contributed by atoms with Crippen LogP contribution in [0.4, 0.5) is 5.82 Å². The second kappa shape index (κ2) is 4.44. The van der Waals surface area contributed by atoms with E-state index in [1.54, 1.807) is 0 Å². The van der Waals surface area contributed by atoms with Gasteiger partial charge in [0, 0.05) is 12.2 Å². The Morgan fingerprint density at radius 1 is 1.38 bits per heavy atom. The monoisotopic (exact) mass is 218 g/mol. The van der Waals surface area contributed by atoms with Gasteiger partial charge in [-0.1, -0.05) is 32.8 Å². The Hall–Kier alpha value is -1.05. The molecule has 2 rings (SSSR count). The van der Waals surface area contributed by atoms with Gasteiger partial charge in [0.1, 0.15) is 5.82 Å². The fourth-order valence-corrected chi connectivity index (χ4v) is 2.56. The van der Waals surface area contributed by atoms with Crippen molar-refractivity contribution in [2.45, 2.75) is 52.5 Å². The Bertz CT molecular complexity index is 358. The van der Waals surface area contributed by atoms with Crippen LogP contribution < -0.4 is 5.32 Å². The highest BCUT2D eigenvalue weighted by atomic mass is 15.0. The maximum absolute atomic E-state index is 4.43. The molecule has 0 saturated heterocycles. The molecule has 1 heterocycles. The van der Waals surface area contributed by atoms with Crippen LogP contribution in [-0.4, -0.2) is 11.0 Å². The summed E-state index contributed by atoms with van der Waals surface area (Å²) in [6.07, 6.45) is 7.16. The van der Waals surface area contributed by atoms with Crippen LogP contribution in [0.5, 0.6) is 0 Å². The molecule has 0 amide bonds. The zero-order valence-corrected chi connectivity index (χ0v) is 10.6. The highest BCUT2D eigenvalue weighted by molar-refractivity contribution is 5.43. The fraction of sp³-hybridized carbons (Fsp3) is 0.643. The molecule has 1 atom stereocenters. The summed E-state index contributed by atoms with van der Waals surface area (Å²) in [7, 11) is 0. The molecule has 16 heavy (non-hydrogen) atoms. The van der Waals surface area contributed by atoms with Gasteiger partial charge in [0.2, 0.25) is 0 Å². The van der Waals surface area contributed by atoms with E-state index >= 15 is 0 Å². The van der Waals surface area contributed by atoms with Gasteiger partial charge in [-0.2, -0.15) is 0 Å². The average molecular weight is 218 g/mol. The number of aryl methyl sites for hydroxylation is 1. The van der Waals surface area contributed by atoms with E-state index < -0.39 is 0 Å². The maximum Gasteiger partial charge on any atom is 0.129 e. The van der Waals surface area contributed by atoms with Crippen LogP contribution in [0.15, 0.2) is 18.3 Å². The van der Waals surface area contributed by atoms with Gasteiger partial charge < -0.3 is 5.32 Å². The molecule has 88 valence electrons. The quantitative estimate of drug-likeness (QED) is 0.817. The molecule has 0 spiro atoms. The zero-order chi connectivity index (χ0) is 11.6. The Kier molecular flexibility index (Phi) is 3.17. The lowest BCUT2D eigenvalue weighted by Crippen LogP contribution is -2.39. The molecule has 0 bridgehead atoms. The average Bonchev–Trinajstić information content (AvgIpc) is 2.24. The summed E-state index contributed by atoms with van der Waals surface area (Å²) >= 11 is 0. The lowest BCUT2D eigenvalue weighted by Gasteiger charge is -2.39.